The van der Waals surface area contributed by atoms with Crippen LogP contribution in [0.5, 0.6) is 11.5 Å². The SMILES string of the molecule is CC1=C(NC(=O)c2sc3nccc4c3c2NC(=O)N4c2cc(Oc3ccccc3)ccc2C)CCCN1C(=O)/C(C#N)=C/C1CC1. The molecular weight excluding hydrogens is 600 g/mol. The monoisotopic (exact) mass is 630 g/mol. The third-order valence-electron chi connectivity index (χ3n) is 8.39. The first kappa shape index (κ1) is 29.3. The summed E-state index contributed by atoms with van der Waals surface area (Å²) in [5.41, 5.74) is 3.87. The predicted octanol–water partition coefficient (Wildman–Crippen LogP) is 7.52. The number of nitriles is 1. The maximum absolute atomic E-state index is 13.8. The predicted molar refractivity (Wildman–Crippen MR) is 176 cm³/mol. The van der Waals surface area contributed by atoms with Gasteiger partial charge in [0.2, 0.25) is 0 Å². The summed E-state index contributed by atoms with van der Waals surface area (Å²) in [4.78, 5) is 49.4. The molecule has 0 spiro atoms. The van der Waals surface area contributed by atoms with Crippen LogP contribution < -0.4 is 20.3 Å². The van der Waals surface area contributed by atoms with Gasteiger partial charge >= 0.3 is 6.03 Å². The third kappa shape index (κ3) is 5.37. The number of urea groups is 1. The number of anilines is 3. The smallest absolute Gasteiger partial charge is 0.331 e. The van der Waals surface area contributed by atoms with E-state index in [1.165, 1.54) is 11.3 Å². The third-order valence-corrected chi connectivity index (χ3v) is 9.48. The Morgan fingerprint density at radius 1 is 1.11 bits per heavy atom. The molecule has 4 aromatic rings. The van der Waals surface area contributed by atoms with Crippen molar-refractivity contribution >= 4 is 56.5 Å². The highest BCUT2D eigenvalue weighted by atomic mass is 32.1. The number of rotatable bonds is 7. The lowest BCUT2D eigenvalue weighted by Gasteiger charge is -2.31. The first-order valence-corrected chi connectivity index (χ1v) is 15.9. The first-order chi connectivity index (χ1) is 22.3. The van der Waals surface area contributed by atoms with Gasteiger partial charge in [-0.25, -0.2) is 9.78 Å². The molecule has 1 aliphatic carbocycles. The number of thiophene rings is 1. The first-order valence-electron chi connectivity index (χ1n) is 15.1. The van der Waals surface area contributed by atoms with Gasteiger partial charge in [0.15, 0.2) is 0 Å². The summed E-state index contributed by atoms with van der Waals surface area (Å²) < 4.78 is 6.05. The van der Waals surface area contributed by atoms with Crippen LogP contribution in [-0.4, -0.2) is 34.3 Å². The van der Waals surface area contributed by atoms with E-state index in [1.807, 2.05) is 55.5 Å². The summed E-state index contributed by atoms with van der Waals surface area (Å²) in [6, 6.07) is 18.4. The number of benzene rings is 2. The number of hydrogen-bond acceptors (Lipinski definition) is 7. The number of carbonyl (C=O) groups excluding carboxylic acids is 3. The molecule has 1 fully saturated rings. The Hall–Kier alpha value is -5.47. The molecule has 0 saturated heterocycles. The van der Waals surface area contributed by atoms with E-state index in [9.17, 15) is 19.6 Å². The van der Waals surface area contributed by atoms with Crippen LogP contribution in [0.1, 0.15) is 47.8 Å². The van der Waals surface area contributed by atoms with E-state index in [2.05, 4.69) is 21.7 Å². The fraction of sp³-hybridized carbons (Fsp3) is 0.229. The van der Waals surface area contributed by atoms with E-state index in [1.54, 1.807) is 35.1 Å². The molecule has 0 atom stereocenters. The average Bonchev–Trinajstić information content (AvgIpc) is 3.81. The Labute approximate surface area is 269 Å². The summed E-state index contributed by atoms with van der Waals surface area (Å²) in [7, 11) is 0. The van der Waals surface area contributed by atoms with Crippen molar-refractivity contribution in [3.63, 3.8) is 0 Å². The Bertz CT molecular complexity index is 2020. The van der Waals surface area contributed by atoms with Crippen molar-refractivity contribution in [1.29, 1.82) is 5.26 Å². The number of para-hydroxylation sites is 1. The number of pyridine rings is 1. The minimum atomic E-state index is -0.413. The van der Waals surface area contributed by atoms with Gasteiger partial charge in [-0.2, -0.15) is 5.26 Å². The largest absolute Gasteiger partial charge is 0.457 e. The van der Waals surface area contributed by atoms with Gasteiger partial charge in [-0.05, 0) is 75.3 Å². The summed E-state index contributed by atoms with van der Waals surface area (Å²) in [5.74, 6) is 0.805. The number of aryl methyl sites for hydroxylation is 1. The van der Waals surface area contributed by atoms with Crippen LogP contribution in [0.3, 0.4) is 0 Å². The highest BCUT2D eigenvalue weighted by Gasteiger charge is 2.34. The molecule has 0 bridgehead atoms. The fourth-order valence-corrected chi connectivity index (χ4v) is 6.84. The van der Waals surface area contributed by atoms with E-state index in [4.69, 9.17) is 4.74 Å². The minimum Gasteiger partial charge on any atom is -0.457 e. The molecule has 46 heavy (non-hydrogen) atoms. The van der Waals surface area contributed by atoms with Crippen molar-refractivity contribution in [3.05, 3.63) is 94.3 Å². The van der Waals surface area contributed by atoms with Gasteiger partial charge in [0, 0.05) is 30.2 Å². The van der Waals surface area contributed by atoms with Crippen LogP contribution in [0.25, 0.3) is 10.2 Å². The molecule has 230 valence electrons. The maximum atomic E-state index is 13.8. The Kier molecular flexibility index (Phi) is 7.50. The van der Waals surface area contributed by atoms with Crippen molar-refractivity contribution in [2.45, 2.75) is 39.5 Å². The number of nitrogens with one attached hydrogen (secondary N) is 2. The Balaban J connectivity index is 1.20. The average molecular weight is 631 g/mol. The molecule has 0 radical (unpaired) electrons. The second kappa shape index (κ2) is 11.8. The van der Waals surface area contributed by atoms with Crippen LogP contribution in [0, 0.1) is 24.2 Å². The standard InChI is InChI=1S/C35H30N6O4S/c1-20-10-13-25(45-24-7-4-3-5-8-24)18-28(20)41-27-14-15-37-33-29(27)30(39-35(41)44)31(46-33)32(42)38-26-9-6-16-40(21(26)2)34(43)23(19-36)17-22-11-12-22/h3-5,7-8,10,13-15,17-18,22H,6,9,11-12,16H2,1-2H3,(H,38,42)(H,39,44)/b23-17+. The molecule has 11 heteroatoms. The zero-order valence-electron chi connectivity index (χ0n) is 25.3. The molecule has 7 rings (SSSR count). The summed E-state index contributed by atoms with van der Waals surface area (Å²) in [6.07, 6.45) is 6.58. The normalized spacial score (nSPS) is 16.3. The highest BCUT2D eigenvalue weighted by Crippen LogP contribution is 2.47. The molecule has 2 aromatic carbocycles. The summed E-state index contributed by atoms with van der Waals surface area (Å²) in [5, 5.41) is 16.2. The van der Waals surface area contributed by atoms with E-state index in [0.717, 1.165) is 18.4 Å². The van der Waals surface area contributed by atoms with Gasteiger partial charge in [0.25, 0.3) is 11.8 Å². The molecule has 2 N–H and O–H groups in total. The van der Waals surface area contributed by atoms with Crippen LogP contribution in [0.2, 0.25) is 0 Å². The molecule has 3 aliphatic rings. The van der Waals surface area contributed by atoms with Crippen molar-refractivity contribution in [1.82, 2.24) is 15.2 Å². The number of aromatic nitrogens is 1. The zero-order valence-corrected chi connectivity index (χ0v) is 26.1. The lowest BCUT2D eigenvalue weighted by Crippen LogP contribution is -2.38. The van der Waals surface area contributed by atoms with E-state index in [0.29, 0.717) is 74.4 Å². The Morgan fingerprint density at radius 2 is 1.91 bits per heavy atom. The highest BCUT2D eigenvalue weighted by molar-refractivity contribution is 7.21. The van der Waals surface area contributed by atoms with Gasteiger partial charge in [-0.15, -0.1) is 11.3 Å². The van der Waals surface area contributed by atoms with Crippen molar-refractivity contribution in [2.75, 3.05) is 16.8 Å². The Morgan fingerprint density at radius 3 is 2.67 bits per heavy atom. The van der Waals surface area contributed by atoms with Crippen LogP contribution >= 0.6 is 11.3 Å². The lowest BCUT2D eigenvalue weighted by molar-refractivity contribution is -0.125. The quantitative estimate of drug-likeness (QED) is 0.161. The molecule has 0 unspecified atom stereocenters. The van der Waals surface area contributed by atoms with Crippen molar-refractivity contribution in [2.24, 2.45) is 5.92 Å². The molecular formula is C35H30N6O4S. The molecule has 4 heterocycles. The molecule has 2 aromatic heterocycles. The number of amides is 4. The summed E-state index contributed by atoms with van der Waals surface area (Å²) in [6.45, 7) is 4.17. The minimum absolute atomic E-state index is 0.140. The number of allylic oxidation sites excluding steroid dienone is 3. The van der Waals surface area contributed by atoms with Crippen molar-refractivity contribution < 1.29 is 19.1 Å². The second-order valence-electron chi connectivity index (χ2n) is 11.6. The second-order valence-corrected chi connectivity index (χ2v) is 12.6. The maximum Gasteiger partial charge on any atom is 0.331 e. The molecule has 2 aliphatic heterocycles. The lowest BCUT2D eigenvalue weighted by atomic mass is 10.1. The van der Waals surface area contributed by atoms with Gasteiger partial charge < -0.3 is 20.3 Å². The van der Waals surface area contributed by atoms with Crippen LogP contribution in [0.4, 0.5) is 21.9 Å². The number of ether oxygens (including phenoxy) is 1. The van der Waals surface area contributed by atoms with Crippen LogP contribution in [0.15, 0.2) is 83.8 Å². The number of hydrogen-bond donors (Lipinski definition) is 2. The zero-order chi connectivity index (χ0) is 31.9. The number of nitrogens with zero attached hydrogens (tertiary/aromatic N) is 4. The van der Waals surface area contributed by atoms with E-state index < -0.39 is 11.9 Å². The summed E-state index contributed by atoms with van der Waals surface area (Å²) >= 11 is 1.19. The van der Waals surface area contributed by atoms with Gasteiger partial charge in [0.1, 0.15) is 32.8 Å². The van der Waals surface area contributed by atoms with E-state index >= 15 is 0 Å². The molecule has 10 nitrogen and oxygen atoms in total. The van der Waals surface area contributed by atoms with Crippen LogP contribution in [-0.2, 0) is 4.79 Å². The van der Waals surface area contributed by atoms with Gasteiger partial charge in [-0.3, -0.25) is 14.5 Å². The number of carbonyl (C=O) groups is 3. The molecule has 1 saturated carbocycles. The fourth-order valence-electron chi connectivity index (χ4n) is 5.83. The van der Waals surface area contributed by atoms with Gasteiger partial charge in [-0.1, -0.05) is 30.3 Å². The topological polar surface area (TPSA) is 128 Å². The molecule has 4 amide bonds. The van der Waals surface area contributed by atoms with Gasteiger partial charge in [0.05, 0.1) is 22.4 Å². The van der Waals surface area contributed by atoms with E-state index in [-0.39, 0.29) is 17.4 Å². The van der Waals surface area contributed by atoms with Crippen molar-refractivity contribution in [3.8, 4) is 17.6 Å².